The van der Waals surface area contributed by atoms with E-state index in [9.17, 15) is 18.0 Å². The van der Waals surface area contributed by atoms with Crippen LogP contribution in [-0.4, -0.2) is 24.8 Å². The Hall–Kier alpha value is -1.56. The van der Waals surface area contributed by atoms with Crippen LogP contribution in [0.3, 0.4) is 0 Å². The maximum absolute atomic E-state index is 11.8. The molecule has 3 nitrogen and oxygen atoms in total. The third-order valence-electron chi connectivity index (χ3n) is 1.91. The van der Waals surface area contributed by atoms with Gasteiger partial charge in [-0.05, 0) is 19.1 Å². The van der Waals surface area contributed by atoms with E-state index >= 15 is 0 Å². The SMILES string of the molecule is C[C@@H](OCC(F)(F)F)C(=O)Nc1ccccc1. The van der Waals surface area contributed by atoms with E-state index in [4.69, 9.17) is 0 Å². The lowest BCUT2D eigenvalue weighted by atomic mass is 10.3. The molecule has 0 fully saturated rings. The normalized spacial score (nSPS) is 13.2. The van der Waals surface area contributed by atoms with E-state index in [2.05, 4.69) is 10.1 Å². The van der Waals surface area contributed by atoms with Gasteiger partial charge >= 0.3 is 6.18 Å². The van der Waals surface area contributed by atoms with Crippen LogP contribution in [-0.2, 0) is 9.53 Å². The van der Waals surface area contributed by atoms with Gasteiger partial charge in [0.05, 0.1) is 0 Å². The van der Waals surface area contributed by atoms with Crippen molar-refractivity contribution >= 4 is 11.6 Å². The van der Waals surface area contributed by atoms with Crippen LogP contribution >= 0.6 is 0 Å². The minimum atomic E-state index is -4.43. The maximum Gasteiger partial charge on any atom is 0.411 e. The van der Waals surface area contributed by atoms with Crippen LogP contribution < -0.4 is 5.32 Å². The molecule has 0 radical (unpaired) electrons. The van der Waals surface area contributed by atoms with Gasteiger partial charge in [0.1, 0.15) is 12.7 Å². The van der Waals surface area contributed by atoms with E-state index in [1.54, 1.807) is 30.3 Å². The number of hydrogen-bond acceptors (Lipinski definition) is 2. The Balaban J connectivity index is 2.43. The molecule has 0 unspecified atom stereocenters. The number of halogens is 3. The molecule has 0 heterocycles. The number of rotatable bonds is 4. The van der Waals surface area contributed by atoms with E-state index in [-0.39, 0.29) is 0 Å². The van der Waals surface area contributed by atoms with Crippen LogP contribution in [0.25, 0.3) is 0 Å². The Bertz CT molecular complexity index is 365. The lowest BCUT2D eigenvalue weighted by molar-refractivity contribution is -0.184. The lowest BCUT2D eigenvalue weighted by Crippen LogP contribution is -2.31. The maximum atomic E-state index is 11.8. The number of para-hydroxylation sites is 1. The zero-order valence-electron chi connectivity index (χ0n) is 9.12. The second-order valence-electron chi connectivity index (χ2n) is 3.42. The van der Waals surface area contributed by atoms with Crippen molar-refractivity contribution in [2.24, 2.45) is 0 Å². The van der Waals surface area contributed by atoms with Gasteiger partial charge < -0.3 is 10.1 Å². The first-order chi connectivity index (χ1) is 7.88. The molecule has 0 aliphatic carbocycles. The van der Waals surface area contributed by atoms with Crippen molar-refractivity contribution in [3.8, 4) is 0 Å². The van der Waals surface area contributed by atoms with Gasteiger partial charge in [0.15, 0.2) is 0 Å². The molecule has 0 aromatic heterocycles. The summed E-state index contributed by atoms with van der Waals surface area (Å²) in [5, 5.41) is 2.45. The molecule has 0 aliphatic heterocycles. The quantitative estimate of drug-likeness (QED) is 0.888. The molecule has 0 aliphatic rings. The van der Waals surface area contributed by atoms with Crippen molar-refractivity contribution in [3.63, 3.8) is 0 Å². The molecule has 1 amide bonds. The predicted molar refractivity (Wildman–Crippen MR) is 56.5 cm³/mol. The highest BCUT2D eigenvalue weighted by atomic mass is 19.4. The third-order valence-corrected chi connectivity index (χ3v) is 1.91. The van der Waals surface area contributed by atoms with Crippen LogP contribution in [0, 0.1) is 0 Å². The van der Waals surface area contributed by atoms with Crippen molar-refractivity contribution in [1.82, 2.24) is 0 Å². The fourth-order valence-electron chi connectivity index (χ4n) is 1.06. The number of hydrogen-bond donors (Lipinski definition) is 1. The number of carbonyl (C=O) groups is 1. The van der Waals surface area contributed by atoms with Gasteiger partial charge in [-0.1, -0.05) is 18.2 Å². The number of anilines is 1. The fourth-order valence-corrected chi connectivity index (χ4v) is 1.06. The first-order valence-electron chi connectivity index (χ1n) is 4.93. The summed E-state index contributed by atoms with van der Waals surface area (Å²) in [5.74, 6) is -0.611. The molecule has 6 heteroatoms. The minimum absolute atomic E-state index is 0.514. The minimum Gasteiger partial charge on any atom is -0.359 e. The molecule has 0 saturated heterocycles. The van der Waals surface area contributed by atoms with Gasteiger partial charge in [-0.25, -0.2) is 0 Å². The molecule has 1 rings (SSSR count). The van der Waals surface area contributed by atoms with E-state index in [0.717, 1.165) is 0 Å². The van der Waals surface area contributed by atoms with Gasteiger partial charge in [-0.3, -0.25) is 4.79 Å². The predicted octanol–water partition coefficient (Wildman–Crippen LogP) is 2.59. The van der Waals surface area contributed by atoms with Crippen LogP contribution in [0.15, 0.2) is 30.3 Å². The molecule has 1 aromatic carbocycles. The van der Waals surface area contributed by atoms with E-state index < -0.39 is 24.8 Å². The molecule has 0 bridgehead atoms. The number of carbonyl (C=O) groups excluding carboxylic acids is 1. The number of benzene rings is 1. The van der Waals surface area contributed by atoms with Crippen LogP contribution in [0.1, 0.15) is 6.92 Å². The fraction of sp³-hybridized carbons (Fsp3) is 0.364. The number of nitrogens with one attached hydrogen (secondary N) is 1. The largest absolute Gasteiger partial charge is 0.411 e. The van der Waals surface area contributed by atoms with Crippen molar-refractivity contribution in [2.45, 2.75) is 19.2 Å². The first kappa shape index (κ1) is 13.5. The van der Waals surface area contributed by atoms with Gasteiger partial charge in [0.25, 0.3) is 5.91 Å². The second-order valence-corrected chi connectivity index (χ2v) is 3.42. The van der Waals surface area contributed by atoms with Gasteiger partial charge in [-0.2, -0.15) is 13.2 Å². The topological polar surface area (TPSA) is 38.3 Å². The number of amides is 1. The Morgan fingerprint density at radius 1 is 1.35 bits per heavy atom. The highest BCUT2D eigenvalue weighted by Crippen LogP contribution is 2.16. The van der Waals surface area contributed by atoms with Gasteiger partial charge in [0.2, 0.25) is 0 Å². The lowest BCUT2D eigenvalue weighted by Gasteiger charge is -2.14. The molecule has 17 heavy (non-hydrogen) atoms. The molecule has 1 atom stereocenters. The highest BCUT2D eigenvalue weighted by molar-refractivity contribution is 5.93. The smallest absolute Gasteiger partial charge is 0.359 e. The standard InChI is InChI=1S/C11H12F3NO2/c1-8(17-7-11(12,13)14)10(16)15-9-5-3-2-4-6-9/h2-6,8H,7H2,1H3,(H,15,16)/t8-/m1/s1. The number of ether oxygens (including phenoxy) is 1. The van der Waals surface area contributed by atoms with E-state index in [0.29, 0.717) is 5.69 Å². The van der Waals surface area contributed by atoms with Crippen molar-refractivity contribution in [3.05, 3.63) is 30.3 Å². The Kier molecular flexibility index (Phi) is 4.51. The first-order valence-corrected chi connectivity index (χ1v) is 4.93. The summed E-state index contributed by atoms with van der Waals surface area (Å²) in [6.45, 7) is -0.166. The third kappa shape index (κ3) is 5.35. The summed E-state index contributed by atoms with van der Waals surface area (Å²) >= 11 is 0. The summed E-state index contributed by atoms with van der Waals surface area (Å²) in [6, 6.07) is 8.44. The molecule has 1 N–H and O–H groups in total. The van der Waals surface area contributed by atoms with E-state index in [1.807, 2.05) is 0 Å². The molecule has 1 aromatic rings. The Morgan fingerprint density at radius 3 is 2.47 bits per heavy atom. The van der Waals surface area contributed by atoms with Crippen molar-refractivity contribution in [1.29, 1.82) is 0 Å². The molecule has 94 valence electrons. The zero-order chi connectivity index (χ0) is 12.9. The highest BCUT2D eigenvalue weighted by Gasteiger charge is 2.29. The summed E-state index contributed by atoms with van der Waals surface area (Å²) in [6.07, 6.45) is -5.58. The Morgan fingerprint density at radius 2 is 1.94 bits per heavy atom. The van der Waals surface area contributed by atoms with Gasteiger partial charge in [0, 0.05) is 5.69 Å². The number of alkyl halides is 3. The average Bonchev–Trinajstić information content (AvgIpc) is 2.26. The van der Waals surface area contributed by atoms with E-state index in [1.165, 1.54) is 6.92 Å². The molecular formula is C11H12F3NO2. The second kappa shape index (κ2) is 5.67. The summed E-state index contributed by atoms with van der Waals surface area (Å²) in [5.41, 5.74) is 0.514. The Labute approximate surface area is 96.6 Å². The van der Waals surface area contributed by atoms with Crippen molar-refractivity contribution in [2.75, 3.05) is 11.9 Å². The van der Waals surface area contributed by atoms with Gasteiger partial charge in [-0.15, -0.1) is 0 Å². The molecule has 0 saturated carbocycles. The monoisotopic (exact) mass is 247 g/mol. The zero-order valence-corrected chi connectivity index (χ0v) is 9.12. The molecule has 0 spiro atoms. The van der Waals surface area contributed by atoms with Crippen LogP contribution in [0.5, 0.6) is 0 Å². The van der Waals surface area contributed by atoms with Crippen LogP contribution in [0.2, 0.25) is 0 Å². The summed E-state index contributed by atoms with van der Waals surface area (Å²) in [7, 11) is 0. The van der Waals surface area contributed by atoms with Crippen LogP contribution in [0.4, 0.5) is 18.9 Å². The molecular weight excluding hydrogens is 235 g/mol. The summed E-state index contributed by atoms with van der Waals surface area (Å²) < 4.78 is 40.0. The van der Waals surface area contributed by atoms with Crippen molar-refractivity contribution < 1.29 is 22.7 Å². The average molecular weight is 247 g/mol. The summed E-state index contributed by atoms with van der Waals surface area (Å²) in [4.78, 5) is 11.4.